The van der Waals surface area contributed by atoms with Gasteiger partial charge in [-0.15, -0.1) is 0 Å². The van der Waals surface area contributed by atoms with E-state index in [0.29, 0.717) is 5.56 Å². The molecule has 0 spiro atoms. The number of piperazine rings is 1. The van der Waals surface area contributed by atoms with Crippen LogP contribution in [0.1, 0.15) is 66.0 Å². The average Bonchev–Trinajstić information content (AvgIpc) is 3.27. The fourth-order valence-corrected chi connectivity index (χ4v) is 6.52. The first kappa shape index (κ1) is 25.0. The number of hydrogen-bond donors (Lipinski definition) is 1. The normalized spacial score (nSPS) is 17.9. The minimum absolute atomic E-state index is 0.0740. The fourth-order valence-electron chi connectivity index (χ4n) is 5.49. The topological polar surface area (TPSA) is 66.4 Å². The molecule has 0 unspecified atom stereocenters. The van der Waals surface area contributed by atoms with Crippen LogP contribution in [0, 0.1) is 11.3 Å². The Balaban J connectivity index is 1.63. The molecule has 1 aromatic heterocycles. The number of nitriles is 1. The number of H-pyrrole nitrogens is 1. The van der Waals surface area contributed by atoms with Crippen LogP contribution in [0.15, 0.2) is 35.2 Å². The van der Waals surface area contributed by atoms with E-state index in [-0.39, 0.29) is 11.2 Å². The van der Waals surface area contributed by atoms with Crippen molar-refractivity contribution >= 4 is 28.6 Å². The van der Waals surface area contributed by atoms with Gasteiger partial charge in [0, 0.05) is 65.2 Å². The first-order chi connectivity index (χ1) is 17.3. The van der Waals surface area contributed by atoms with Crippen molar-refractivity contribution in [2.24, 2.45) is 0 Å². The van der Waals surface area contributed by atoms with Gasteiger partial charge in [0.25, 0.3) is 0 Å². The van der Waals surface area contributed by atoms with Crippen LogP contribution in [0.2, 0.25) is 0 Å². The SMILES string of the molecule is CCN(CC)Cc1cc2c(cc1SN1CCN(C)CC1)C(=O)c1c([nH]c3cc(C#N)ccc13)C2(C)C. The number of ketones is 1. The zero-order chi connectivity index (χ0) is 25.6. The van der Waals surface area contributed by atoms with Crippen molar-refractivity contribution in [3.05, 3.63) is 63.8 Å². The minimum atomic E-state index is -0.362. The number of nitrogens with one attached hydrogen (secondary N) is 1. The van der Waals surface area contributed by atoms with Gasteiger partial charge in [-0.3, -0.25) is 9.69 Å². The summed E-state index contributed by atoms with van der Waals surface area (Å²) in [5.41, 5.74) is 5.94. The molecule has 36 heavy (non-hydrogen) atoms. The molecular formula is C29H35N5OS. The monoisotopic (exact) mass is 501 g/mol. The molecule has 5 rings (SSSR count). The van der Waals surface area contributed by atoms with Gasteiger partial charge in [-0.25, -0.2) is 4.31 Å². The Bertz CT molecular complexity index is 1360. The predicted molar refractivity (Wildman–Crippen MR) is 147 cm³/mol. The molecule has 0 atom stereocenters. The zero-order valence-corrected chi connectivity index (χ0v) is 22.8. The van der Waals surface area contributed by atoms with Gasteiger partial charge in [0.2, 0.25) is 0 Å². The highest BCUT2D eigenvalue weighted by atomic mass is 32.2. The van der Waals surface area contributed by atoms with Gasteiger partial charge in [-0.05, 0) is 61.4 Å². The summed E-state index contributed by atoms with van der Waals surface area (Å²) in [5, 5.41) is 10.3. The lowest BCUT2D eigenvalue weighted by Crippen LogP contribution is -2.41. The number of rotatable bonds is 6. The number of aromatic amines is 1. The zero-order valence-electron chi connectivity index (χ0n) is 21.9. The third kappa shape index (κ3) is 4.26. The highest BCUT2D eigenvalue weighted by molar-refractivity contribution is 7.97. The first-order valence-corrected chi connectivity index (χ1v) is 13.7. The maximum atomic E-state index is 14.0. The summed E-state index contributed by atoms with van der Waals surface area (Å²) in [4.78, 5) is 23.5. The van der Waals surface area contributed by atoms with Crippen LogP contribution in [0.5, 0.6) is 0 Å². The Kier molecular flexibility index (Phi) is 6.73. The standard InChI is InChI=1S/C29H35N5OS/c1-6-33(7-2)18-20-15-23-22(16-25(20)36-34-12-10-32(5)11-13-34)27(35)26-21-9-8-19(17-30)14-24(21)31-28(26)29(23,3)4/h8-9,14-16,31H,6-7,10-13,18H2,1-5H3. The largest absolute Gasteiger partial charge is 0.357 e. The molecule has 6 nitrogen and oxygen atoms in total. The van der Waals surface area contributed by atoms with E-state index in [1.807, 2.05) is 12.1 Å². The maximum absolute atomic E-state index is 14.0. The number of aromatic nitrogens is 1. The number of fused-ring (bicyclic) bond motifs is 4. The van der Waals surface area contributed by atoms with E-state index in [2.05, 4.69) is 72.0 Å². The smallest absolute Gasteiger partial charge is 0.195 e. The molecule has 1 fully saturated rings. The molecule has 0 bridgehead atoms. The molecule has 0 saturated carbocycles. The van der Waals surface area contributed by atoms with Crippen molar-refractivity contribution in [3.8, 4) is 6.07 Å². The molecule has 7 heteroatoms. The van der Waals surface area contributed by atoms with Gasteiger partial charge in [-0.1, -0.05) is 39.8 Å². The van der Waals surface area contributed by atoms with Crippen molar-refractivity contribution in [1.82, 2.24) is 19.1 Å². The Morgan fingerprint density at radius 2 is 1.83 bits per heavy atom. The van der Waals surface area contributed by atoms with E-state index in [4.69, 9.17) is 0 Å². The summed E-state index contributed by atoms with van der Waals surface area (Å²) in [7, 11) is 2.17. The molecular weight excluding hydrogens is 466 g/mol. The van der Waals surface area contributed by atoms with Gasteiger partial charge < -0.3 is 9.88 Å². The second-order valence-corrected chi connectivity index (χ2v) is 11.6. The second kappa shape index (κ2) is 9.68. The van der Waals surface area contributed by atoms with Crippen LogP contribution >= 0.6 is 11.9 Å². The van der Waals surface area contributed by atoms with Crippen molar-refractivity contribution < 1.29 is 4.79 Å². The van der Waals surface area contributed by atoms with Gasteiger partial charge in [0.1, 0.15) is 0 Å². The van der Waals surface area contributed by atoms with Crippen LogP contribution in [-0.2, 0) is 12.0 Å². The number of benzene rings is 2. The Labute approximate surface area is 218 Å². The molecule has 2 aliphatic rings. The Morgan fingerprint density at radius 1 is 1.11 bits per heavy atom. The van der Waals surface area contributed by atoms with Crippen LogP contribution in [-0.4, -0.2) is 71.2 Å². The lowest BCUT2D eigenvalue weighted by atomic mass is 9.71. The van der Waals surface area contributed by atoms with E-state index in [9.17, 15) is 10.1 Å². The third-order valence-corrected chi connectivity index (χ3v) is 9.08. The molecule has 1 N–H and O–H groups in total. The molecule has 2 heterocycles. The lowest BCUT2D eigenvalue weighted by molar-refractivity contribution is 0.103. The Morgan fingerprint density at radius 3 is 2.50 bits per heavy atom. The van der Waals surface area contributed by atoms with Crippen LogP contribution in [0.25, 0.3) is 10.9 Å². The summed E-state index contributed by atoms with van der Waals surface area (Å²) < 4.78 is 2.44. The molecule has 1 saturated heterocycles. The molecule has 3 aromatic rings. The van der Waals surface area contributed by atoms with Crippen molar-refractivity contribution in [3.63, 3.8) is 0 Å². The number of nitrogens with zero attached hydrogens (tertiary/aromatic N) is 4. The van der Waals surface area contributed by atoms with E-state index < -0.39 is 0 Å². The number of likely N-dealkylation sites (N-methyl/N-ethyl adjacent to an activating group) is 1. The van der Waals surface area contributed by atoms with Crippen molar-refractivity contribution in [2.75, 3.05) is 46.3 Å². The van der Waals surface area contributed by atoms with E-state index in [1.165, 1.54) is 10.5 Å². The van der Waals surface area contributed by atoms with Gasteiger partial charge in [0.05, 0.1) is 17.2 Å². The fraction of sp³-hybridized carbons (Fsp3) is 0.448. The minimum Gasteiger partial charge on any atom is -0.357 e. The second-order valence-electron chi connectivity index (χ2n) is 10.5. The molecule has 2 aromatic carbocycles. The summed E-state index contributed by atoms with van der Waals surface area (Å²) >= 11 is 1.81. The van der Waals surface area contributed by atoms with Crippen LogP contribution < -0.4 is 0 Å². The van der Waals surface area contributed by atoms with Gasteiger partial charge in [0.15, 0.2) is 5.78 Å². The molecule has 1 aliphatic carbocycles. The number of carbonyl (C=O) groups excluding carboxylic acids is 1. The number of carbonyl (C=O) groups is 1. The van der Waals surface area contributed by atoms with E-state index in [0.717, 1.165) is 79.1 Å². The van der Waals surface area contributed by atoms with Crippen LogP contribution in [0.3, 0.4) is 0 Å². The van der Waals surface area contributed by atoms with Crippen molar-refractivity contribution in [1.29, 1.82) is 5.26 Å². The summed E-state index contributed by atoms with van der Waals surface area (Å²) in [5.74, 6) is 0.0740. The summed E-state index contributed by atoms with van der Waals surface area (Å²) in [6.07, 6.45) is 0. The third-order valence-electron chi connectivity index (χ3n) is 7.88. The number of hydrogen-bond acceptors (Lipinski definition) is 6. The molecule has 188 valence electrons. The van der Waals surface area contributed by atoms with Crippen LogP contribution in [0.4, 0.5) is 0 Å². The average molecular weight is 502 g/mol. The highest BCUT2D eigenvalue weighted by Gasteiger charge is 2.40. The molecule has 1 aliphatic heterocycles. The Hall–Kier alpha value is -2.63. The maximum Gasteiger partial charge on any atom is 0.195 e. The molecule has 0 radical (unpaired) electrons. The lowest BCUT2D eigenvalue weighted by Gasteiger charge is -2.35. The summed E-state index contributed by atoms with van der Waals surface area (Å²) in [6.45, 7) is 15.8. The van der Waals surface area contributed by atoms with Crippen molar-refractivity contribution in [2.45, 2.75) is 44.6 Å². The van der Waals surface area contributed by atoms with Gasteiger partial charge in [-0.2, -0.15) is 5.26 Å². The predicted octanol–water partition coefficient (Wildman–Crippen LogP) is 5.01. The highest BCUT2D eigenvalue weighted by Crippen LogP contribution is 2.46. The summed E-state index contributed by atoms with van der Waals surface area (Å²) in [6, 6.07) is 12.2. The first-order valence-electron chi connectivity index (χ1n) is 12.9. The quantitative estimate of drug-likeness (QED) is 0.479. The van der Waals surface area contributed by atoms with E-state index in [1.54, 1.807) is 18.0 Å². The van der Waals surface area contributed by atoms with Gasteiger partial charge >= 0.3 is 0 Å². The van der Waals surface area contributed by atoms with E-state index >= 15 is 0 Å². The molecule has 0 amide bonds.